The van der Waals surface area contributed by atoms with Crippen molar-refractivity contribution < 1.29 is 18.8 Å². The summed E-state index contributed by atoms with van der Waals surface area (Å²) in [7, 11) is 0. The average Bonchev–Trinajstić information content (AvgIpc) is 3.15. The molecule has 1 heterocycles. The molecule has 3 N–H and O–H groups in total. The van der Waals surface area contributed by atoms with Gasteiger partial charge in [-0.1, -0.05) is 61.7 Å². The van der Waals surface area contributed by atoms with Gasteiger partial charge < -0.3 is 20.3 Å². The minimum absolute atomic E-state index is 0.143. The van der Waals surface area contributed by atoms with Crippen molar-refractivity contribution >= 4 is 12.0 Å². The van der Waals surface area contributed by atoms with E-state index in [1.165, 1.54) is 0 Å². The molecule has 0 unspecified atom stereocenters. The molecule has 0 saturated heterocycles. The molecule has 0 aliphatic carbocycles. The Morgan fingerprint density at radius 3 is 2.68 bits per heavy atom. The molecule has 2 aromatic rings. The number of carbonyl (C=O) groups is 2. The normalized spacial score (nSPS) is 11.8. The number of ether oxygens (including phenoxy) is 1. The molecule has 1 aromatic carbocycles. The van der Waals surface area contributed by atoms with Gasteiger partial charge in [0.2, 0.25) is 11.8 Å². The van der Waals surface area contributed by atoms with Crippen molar-refractivity contribution in [2.24, 2.45) is 5.73 Å². The van der Waals surface area contributed by atoms with Crippen molar-refractivity contribution in [3.05, 3.63) is 47.6 Å². The molecule has 152 valence electrons. The van der Waals surface area contributed by atoms with E-state index in [0.717, 1.165) is 37.7 Å². The average molecular weight is 388 g/mol. The lowest BCUT2D eigenvalue weighted by Crippen LogP contribution is -2.32. The van der Waals surface area contributed by atoms with Crippen LogP contribution in [-0.2, 0) is 22.4 Å². The third kappa shape index (κ3) is 7.77. The maximum absolute atomic E-state index is 12.0. The van der Waals surface area contributed by atoms with Gasteiger partial charge in [-0.15, -0.1) is 0 Å². The molecule has 0 radical (unpaired) electrons. The number of hydrogen-bond acceptors (Lipinski definition) is 6. The summed E-state index contributed by atoms with van der Waals surface area (Å²) in [5.74, 6) is 0.0603. The summed E-state index contributed by atoms with van der Waals surface area (Å²) in [6, 6.07) is 9.14. The van der Waals surface area contributed by atoms with Crippen LogP contribution >= 0.6 is 0 Å². The Bertz CT molecular complexity index is 733. The predicted molar refractivity (Wildman–Crippen MR) is 103 cm³/mol. The molecule has 0 aliphatic rings. The molecular weight excluding hydrogens is 360 g/mol. The van der Waals surface area contributed by atoms with Gasteiger partial charge in [-0.3, -0.25) is 4.79 Å². The molecule has 1 atom stereocenters. The number of aromatic nitrogens is 2. The van der Waals surface area contributed by atoms with Crippen LogP contribution in [0, 0.1) is 0 Å². The number of hydrogen-bond donors (Lipinski definition) is 2. The van der Waals surface area contributed by atoms with Gasteiger partial charge in [-0.2, -0.15) is 4.98 Å². The number of unbranched alkanes of at least 4 members (excludes halogenated alkanes) is 3. The Morgan fingerprint density at radius 1 is 1.18 bits per heavy atom. The highest BCUT2D eigenvalue weighted by molar-refractivity contribution is 5.76. The van der Waals surface area contributed by atoms with Crippen LogP contribution in [0.4, 0.5) is 4.79 Å². The highest BCUT2D eigenvalue weighted by Crippen LogP contribution is 2.16. The quantitative estimate of drug-likeness (QED) is 0.539. The summed E-state index contributed by atoms with van der Waals surface area (Å²) in [6.07, 6.45) is 4.57. The molecule has 8 heteroatoms. The Balaban J connectivity index is 1.88. The summed E-state index contributed by atoms with van der Waals surface area (Å²) in [4.78, 5) is 27.6. The number of nitrogens with one attached hydrogen (secondary N) is 1. The third-order valence-electron chi connectivity index (χ3n) is 4.19. The molecule has 0 saturated carbocycles. The lowest BCUT2D eigenvalue weighted by Gasteiger charge is -2.13. The fourth-order valence-corrected chi connectivity index (χ4v) is 2.69. The van der Waals surface area contributed by atoms with Gasteiger partial charge in [0.25, 0.3) is 0 Å². The van der Waals surface area contributed by atoms with Crippen molar-refractivity contribution in [3.8, 4) is 0 Å². The molecule has 0 aliphatic heterocycles. The van der Waals surface area contributed by atoms with Crippen molar-refractivity contribution in [2.45, 2.75) is 57.9 Å². The summed E-state index contributed by atoms with van der Waals surface area (Å²) < 4.78 is 10.4. The highest BCUT2D eigenvalue weighted by atomic mass is 16.5. The minimum Gasteiger partial charge on any atom is -0.450 e. The molecule has 0 bridgehead atoms. The number of alkyl carbamates (subject to hydrolysis) is 1. The molecule has 0 spiro atoms. The fraction of sp³-hybridized carbons (Fsp3) is 0.500. The van der Waals surface area contributed by atoms with Crippen LogP contribution in [0.2, 0.25) is 0 Å². The Hall–Kier alpha value is -2.90. The molecular formula is C20H28N4O4. The summed E-state index contributed by atoms with van der Waals surface area (Å²) in [5, 5.41) is 6.52. The second-order valence-corrected chi connectivity index (χ2v) is 6.60. The second-order valence-electron chi connectivity index (χ2n) is 6.60. The van der Waals surface area contributed by atoms with E-state index in [9.17, 15) is 9.59 Å². The summed E-state index contributed by atoms with van der Waals surface area (Å²) in [5.41, 5.74) is 6.44. The Morgan fingerprint density at radius 2 is 1.96 bits per heavy atom. The SMILES string of the molecule is CCCCCCOC(=O)N[C@H](CC(N)=O)c1nc(CCc2ccccc2)no1. The maximum atomic E-state index is 12.0. The van der Waals surface area contributed by atoms with E-state index in [4.69, 9.17) is 15.0 Å². The van der Waals surface area contributed by atoms with E-state index in [1.54, 1.807) is 0 Å². The lowest BCUT2D eigenvalue weighted by atomic mass is 10.1. The molecule has 28 heavy (non-hydrogen) atoms. The van der Waals surface area contributed by atoms with Crippen LogP contribution in [-0.4, -0.2) is 28.7 Å². The van der Waals surface area contributed by atoms with Gasteiger partial charge >= 0.3 is 6.09 Å². The van der Waals surface area contributed by atoms with E-state index < -0.39 is 18.0 Å². The topological polar surface area (TPSA) is 120 Å². The molecule has 8 nitrogen and oxygen atoms in total. The van der Waals surface area contributed by atoms with Crippen LogP contribution < -0.4 is 11.1 Å². The largest absolute Gasteiger partial charge is 0.450 e. The maximum Gasteiger partial charge on any atom is 0.407 e. The van der Waals surface area contributed by atoms with Crippen molar-refractivity contribution in [2.75, 3.05) is 6.61 Å². The van der Waals surface area contributed by atoms with Crippen molar-refractivity contribution in [1.82, 2.24) is 15.5 Å². The zero-order chi connectivity index (χ0) is 20.2. The summed E-state index contributed by atoms with van der Waals surface area (Å²) in [6.45, 7) is 2.43. The Labute approximate surface area is 164 Å². The predicted octanol–water partition coefficient (Wildman–Crippen LogP) is 3.08. The van der Waals surface area contributed by atoms with Crippen LogP contribution in [0.5, 0.6) is 0 Å². The minimum atomic E-state index is -0.807. The number of amides is 2. The number of nitrogens with zero attached hydrogens (tertiary/aromatic N) is 2. The molecule has 0 fully saturated rings. The standard InChI is InChI=1S/C20H28N4O4/c1-2-3-4-8-13-27-20(26)22-16(14-17(21)25)19-23-18(24-28-19)12-11-15-9-6-5-7-10-15/h5-7,9-10,16H,2-4,8,11-14H2,1H3,(H2,21,25)(H,22,26)/t16-/m1/s1. The number of carbonyl (C=O) groups excluding carboxylic acids is 2. The zero-order valence-corrected chi connectivity index (χ0v) is 16.2. The number of nitrogens with two attached hydrogens (primary N) is 1. The van der Waals surface area contributed by atoms with Crippen molar-refractivity contribution in [1.29, 1.82) is 0 Å². The smallest absolute Gasteiger partial charge is 0.407 e. The first kappa shape index (κ1) is 21.4. The van der Waals surface area contributed by atoms with Gasteiger partial charge in [0.05, 0.1) is 13.0 Å². The first-order valence-corrected chi connectivity index (χ1v) is 9.66. The van der Waals surface area contributed by atoms with E-state index in [2.05, 4.69) is 22.4 Å². The number of primary amides is 1. The molecule has 2 amide bonds. The van der Waals surface area contributed by atoms with Crippen LogP contribution in [0.3, 0.4) is 0 Å². The number of aryl methyl sites for hydroxylation is 2. The number of benzene rings is 1. The van der Waals surface area contributed by atoms with Gasteiger partial charge in [0.1, 0.15) is 6.04 Å². The van der Waals surface area contributed by atoms with E-state index in [-0.39, 0.29) is 12.3 Å². The van der Waals surface area contributed by atoms with Crippen LogP contribution in [0.1, 0.15) is 62.3 Å². The van der Waals surface area contributed by atoms with Gasteiger partial charge in [0, 0.05) is 6.42 Å². The molecule has 1 aromatic heterocycles. The zero-order valence-electron chi connectivity index (χ0n) is 16.2. The van der Waals surface area contributed by atoms with E-state index in [0.29, 0.717) is 18.9 Å². The van der Waals surface area contributed by atoms with Gasteiger partial charge in [-0.25, -0.2) is 4.79 Å². The Kier molecular flexibility index (Phi) is 8.97. The van der Waals surface area contributed by atoms with Gasteiger partial charge in [0.15, 0.2) is 5.82 Å². The molecule has 2 rings (SSSR count). The first-order valence-electron chi connectivity index (χ1n) is 9.66. The number of rotatable bonds is 12. The van der Waals surface area contributed by atoms with Gasteiger partial charge in [-0.05, 0) is 18.4 Å². The fourth-order valence-electron chi connectivity index (χ4n) is 2.69. The van der Waals surface area contributed by atoms with Crippen LogP contribution in [0.15, 0.2) is 34.9 Å². The third-order valence-corrected chi connectivity index (χ3v) is 4.19. The lowest BCUT2D eigenvalue weighted by molar-refractivity contribution is -0.118. The van der Waals surface area contributed by atoms with E-state index >= 15 is 0 Å². The van der Waals surface area contributed by atoms with Crippen molar-refractivity contribution in [3.63, 3.8) is 0 Å². The monoisotopic (exact) mass is 388 g/mol. The highest BCUT2D eigenvalue weighted by Gasteiger charge is 2.24. The van der Waals surface area contributed by atoms with Crippen LogP contribution in [0.25, 0.3) is 0 Å². The first-order chi connectivity index (χ1) is 13.6. The van der Waals surface area contributed by atoms with E-state index in [1.807, 2.05) is 30.3 Å². The summed E-state index contributed by atoms with van der Waals surface area (Å²) >= 11 is 0. The second kappa shape index (κ2) is 11.7.